The number of nitrogen functional groups attached to an aromatic ring is 1. The van der Waals surface area contributed by atoms with E-state index < -0.39 is 0 Å². The van der Waals surface area contributed by atoms with Gasteiger partial charge in [-0.1, -0.05) is 11.6 Å². The Bertz CT molecular complexity index is 550. The number of primary amides is 1. The lowest BCUT2D eigenvalue weighted by Crippen LogP contribution is -2.41. The van der Waals surface area contributed by atoms with Crippen molar-refractivity contribution >= 4 is 34.8 Å². The number of hydrogen-bond acceptors (Lipinski definition) is 4. The fourth-order valence-corrected chi connectivity index (χ4v) is 2.68. The van der Waals surface area contributed by atoms with Crippen LogP contribution < -0.4 is 16.8 Å². The standard InChI is InChI=1S/C14H19ClN4O2/c15-9-3-4-10(16)11(8-9)18-13(20)5-7-19-6-1-2-12(19)14(17)21/h3-4,8,12H,1-2,5-7,16H2,(H2,17,21)(H,18,20). The van der Waals surface area contributed by atoms with Crippen LogP contribution >= 0.6 is 11.6 Å². The number of amides is 2. The monoisotopic (exact) mass is 310 g/mol. The van der Waals surface area contributed by atoms with Gasteiger partial charge in [0.25, 0.3) is 0 Å². The largest absolute Gasteiger partial charge is 0.397 e. The van der Waals surface area contributed by atoms with Gasteiger partial charge in [0, 0.05) is 18.0 Å². The van der Waals surface area contributed by atoms with Gasteiger partial charge >= 0.3 is 0 Å². The van der Waals surface area contributed by atoms with Crippen molar-refractivity contribution in [3.05, 3.63) is 23.2 Å². The summed E-state index contributed by atoms with van der Waals surface area (Å²) in [4.78, 5) is 25.2. The normalized spacial score (nSPS) is 18.6. The number of rotatable bonds is 5. The smallest absolute Gasteiger partial charge is 0.234 e. The number of nitrogens with two attached hydrogens (primary N) is 2. The van der Waals surface area contributed by atoms with E-state index in [1.165, 1.54) is 0 Å². The second-order valence-electron chi connectivity index (χ2n) is 5.13. The van der Waals surface area contributed by atoms with Crippen LogP contribution in [0.15, 0.2) is 18.2 Å². The summed E-state index contributed by atoms with van der Waals surface area (Å²) in [7, 11) is 0. The number of halogens is 1. The topological polar surface area (TPSA) is 101 Å². The third-order valence-electron chi connectivity index (χ3n) is 3.61. The molecule has 114 valence electrons. The fourth-order valence-electron chi connectivity index (χ4n) is 2.51. The van der Waals surface area contributed by atoms with E-state index >= 15 is 0 Å². The molecule has 0 aromatic heterocycles. The van der Waals surface area contributed by atoms with E-state index in [1.54, 1.807) is 18.2 Å². The molecule has 0 saturated carbocycles. The summed E-state index contributed by atoms with van der Waals surface area (Å²) in [5.74, 6) is -0.494. The Hall–Kier alpha value is -1.79. The van der Waals surface area contributed by atoms with Gasteiger partial charge in [-0.2, -0.15) is 0 Å². The predicted molar refractivity (Wildman–Crippen MR) is 82.9 cm³/mol. The quantitative estimate of drug-likeness (QED) is 0.711. The Balaban J connectivity index is 1.87. The predicted octanol–water partition coefficient (Wildman–Crippen LogP) is 1.20. The van der Waals surface area contributed by atoms with Gasteiger partial charge in [0.15, 0.2) is 0 Å². The van der Waals surface area contributed by atoms with Gasteiger partial charge in [0.05, 0.1) is 17.4 Å². The first-order valence-electron chi connectivity index (χ1n) is 6.85. The van der Waals surface area contributed by atoms with Crippen LogP contribution in [0, 0.1) is 0 Å². The molecule has 1 atom stereocenters. The first kappa shape index (κ1) is 15.6. The molecule has 1 saturated heterocycles. The van der Waals surface area contributed by atoms with Crippen molar-refractivity contribution in [1.82, 2.24) is 4.90 Å². The fraction of sp³-hybridized carbons (Fsp3) is 0.429. The van der Waals surface area contributed by atoms with Crippen molar-refractivity contribution in [2.75, 3.05) is 24.1 Å². The number of hydrogen-bond donors (Lipinski definition) is 3. The number of nitrogens with one attached hydrogen (secondary N) is 1. The average molecular weight is 311 g/mol. The highest BCUT2D eigenvalue weighted by Crippen LogP contribution is 2.23. The van der Waals surface area contributed by atoms with E-state index in [9.17, 15) is 9.59 Å². The molecule has 1 aromatic carbocycles. The van der Waals surface area contributed by atoms with Gasteiger partial charge in [-0.15, -0.1) is 0 Å². The lowest BCUT2D eigenvalue weighted by molar-refractivity contribution is -0.123. The summed E-state index contributed by atoms with van der Waals surface area (Å²) < 4.78 is 0. The van der Waals surface area contributed by atoms with Gasteiger partial charge in [-0.25, -0.2) is 0 Å². The van der Waals surface area contributed by atoms with E-state index in [2.05, 4.69) is 5.32 Å². The molecule has 1 fully saturated rings. The SMILES string of the molecule is NC(=O)C1CCCN1CCC(=O)Nc1cc(Cl)ccc1N. The van der Waals surface area contributed by atoms with Crippen molar-refractivity contribution in [3.8, 4) is 0 Å². The minimum absolute atomic E-state index is 0.168. The third-order valence-corrected chi connectivity index (χ3v) is 3.84. The third kappa shape index (κ3) is 4.09. The summed E-state index contributed by atoms with van der Waals surface area (Å²) in [5, 5.41) is 3.24. The molecule has 1 aromatic rings. The van der Waals surface area contributed by atoms with Gasteiger partial charge in [0.1, 0.15) is 0 Å². The molecular weight excluding hydrogens is 292 g/mol. The molecule has 0 spiro atoms. The summed E-state index contributed by atoms with van der Waals surface area (Å²) in [5.41, 5.74) is 12.1. The molecule has 1 unspecified atom stereocenters. The first-order valence-corrected chi connectivity index (χ1v) is 7.23. The first-order chi connectivity index (χ1) is 9.97. The Morgan fingerprint density at radius 1 is 1.43 bits per heavy atom. The van der Waals surface area contributed by atoms with Crippen LogP contribution in [-0.2, 0) is 9.59 Å². The molecule has 0 aliphatic carbocycles. The highest BCUT2D eigenvalue weighted by Gasteiger charge is 2.28. The maximum Gasteiger partial charge on any atom is 0.234 e. The molecule has 0 bridgehead atoms. The summed E-state index contributed by atoms with van der Waals surface area (Å²) in [6.07, 6.45) is 1.96. The van der Waals surface area contributed by atoms with Crippen molar-refractivity contribution in [1.29, 1.82) is 0 Å². The van der Waals surface area contributed by atoms with E-state index in [0.717, 1.165) is 19.4 Å². The highest BCUT2D eigenvalue weighted by atomic mass is 35.5. The zero-order valence-electron chi connectivity index (χ0n) is 11.6. The summed E-state index contributed by atoms with van der Waals surface area (Å²) in [6.45, 7) is 1.29. The molecular formula is C14H19ClN4O2. The molecule has 7 heteroatoms. The van der Waals surface area contributed by atoms with Crippen LogP contribution in [-0.4, -0.2) is 35.8 Å². The minimum atomic E-state index is -0.327. The zero-order valence-corrected chi connectivity index (χ0v) is 12.4. The van der Waals surface area contributed by atoms with Crippen molar-refractivity contribution < 1.29 is 9.59 Å². The Morgan fingerprint density at radius 2 is 2.19 bits per heavy atom. The van der Waals surface area contributed by atoms with Crippen molar-refractivity contribution in [2.45, 2.75) is 25.3 Å². The molecule has 21 heavy (non-hydrogen) atoms. The van der Waals surface area contributed by atoms with Crippen LogP contribution in [0.25, 0.3) is 0 Å². The molecule has 1 heterocycles. The van der Waals surface area contributed by atoms with Gasteiger partial charge < -0.3 is 16.8 Å². The Kier molecular flexibility index (Phi) is 5.03. The second kappa shape index (κ2) is 6.78. The molecule has 0 radical (unpaired) electrons. The average Bonchev–Trinajstić information content (AvgIpc) is 2.89. The molecule has 1 aliphatic rings. The van der Waals surface area contributed by atoms with E-state index in [4.69, 9.17) is 23.1 Å². The zero-order chi connectivity index (χ0) is 15.4. The molecule has 6 nitrogen and oxygen atoms in total. The Morgan fingerprint density at radius 3 is 2.90 bits per heavy atom. The van der Waals surface area contributed by atoms with Gasteiger partial charge in [0.2, 0.25) is 11.8 Å². The number of likely N-dealkylation sites (tertiary alicyclic amines) is 1. The maximum absolute atomic E-state index is 12.0. The summed E-state index contributed by atoms with van der Waals surface area (Å²) in [6, 6.07) is 4.65. The van der Waals surface area contributed by atoms with Crippen LogP contribution in [0.1, 0.15) is 19.3 Å². The summed E-state index contributed by atoms with van der Waals surface area (Å²) >= 11 is 5.87. The van der Waals surface area contributed by atoms with Gasteiger partial charge in [-0.3, -0.25) is 14.5 Å². The molecule has 1 aliphatic heterocycles. The van der Waals surface area contributed by atoms with E-state index in [-0.39, 0.29) is 24.3 Å². The van der Waals surface area contributed by atoms with Gasteiger partial charge in [-0.05, 0) is 37.6 Å². The lowest BCUT2D eigenvalue weighted by Gasteiger charge is -2.21. The van der Waals surface area contributed by atoms with E-state index in [0.29, 0.717) is 22.9 Å². The number of benzene rings is 1. The molecule has 2 rings (SSSR count). The number of nitrogens with zero attached hydrogens (tertiary/aromatic N) is 1. The van der Waals surface area contributed by atoms with Crippen LogP contribution in [0.4, 0.5) is 11.4 Å². The molecule has 5 N–H and O–H groups in total. The second-order valence-corrected chi connectivity index (χ2v) is 5.56. The van der Waals surface area contributed by atoms with Crippen molar-refractivity contribution in [3.63, 3.8) is 0 Å². The van der Waals surface area contributed by atoms with Crippen molar-refractivity contribution in [2.24, 2.45) is 5.73 Å². The maximum atomic E-state index is 12.0. The number of anilines is 2. The minimum Gasteiger partial charge on any atom is -0.397 e. The highest BCUT2D eigenvalue weighted by molar-refractivity contribution is 6.31. The lowest BCUT2D eigenvalue weighted by atomic mass is 10.2. The molecule has 2 amide bonds. The Labute approximate surface area is 128 Å². The number of carbonyl (C=O) groups excluding carboxylic acids is 2. The number of carbonyl (C=O) groups is 2. The van der Waals surface area contributed by atoms with Crippen LogP contribution in [0.2, 0.25) is 5.02 Å². The van der Waals surface area contributed by atoms with E-state index in [1.807, 2.05) is 4.90 Å². The van der Waals surface area contributed by atoms with Crippen LogP contribution in [0.3, 0.4) is 0 Å². The van der Waals surface area contributed by atoms with Crippen LogP contribution in [0.5, 0.6) is 0 Å².